The average molecular weight is 394 g/mol. The molecule has 8 heteroatoms. The third-order valence-electron chi connectivity index (χ3n) is 3.73. The van der Waals surface area contributed by atoms with E-state index in [1.807, 2.05) is 36.4 Å². The molecule has 0 bridgehead atoms. The summed E-state index contributed by atoms with van der Waals surface area (Å²) in [7, 11) is 0. The first kappa shape index (κ1) is 18.8. The largest absolute Gasteiger partial charge is 0.440 e. The maximum absolute atomic E-state index is 11.8. The second-order valence-corrected chi connectivity index (χ2v) is 7.23. The summed E-state index contributed by atoms with van der Waals surface area (Å²) in [5.41, 5.74) is 2.52. The van der Waals surface area contributed by atoms with Crippen molar-refractivity contribution >= 4 is 41.4 Å². The number of benzene rings is 1. The number of carbonyl (C=O) groups excluding carboxylic acids is 1. The Labute approximate surface area is 161 Å². The van der Waals surface area contributed by atoms with Gasteiger partial charge in [-0.2, -0.15) is 5.10 Å². The lowest BCUT2D eigenvalue weighted by Gasteiger charge is -2.26. The zero-order valence-corrected chi connectivity index (χ0v) is 15.8. The Hall–Kier alpha value is -1.96. The highest BCUT2D eigenvalue weighted by atomic mass is 35.5. The number of anilines is 1. The summed E-state index contributed by atoms with van der Waals surface area (Å²) in [5.74, 6) is 1.93. The van der Waals surface area contributed by atoms with Crippen LogP contribution in [-0.4, -0.2) is 44.2 Å². The van der Waals surface area contributed by atoms with Crippen LogP contribution in [0.4, 0.5) is 5.88 Å². The Morgan fingerprint density at radius 3 is 2.77 bits per heavy atom. The van der Waals surface area contributed by atoms with Gasteiger partial charge in [-0.05, 0) is 30.3 Å². The molecule has 1 aromatic heterocycles. The lowest BCUT2D eigenvalue weighted by Crippen LogP contribution is -2.35. The van der Waals surface area contributed by atoms with Crippen molar-refractivity contribution in [1.82, 2.24) is 5.43 Å². The standard InChI is InChI=1S/C18H20ClN3O3S/c19-14-1-4-16(5-2-14)26-12-7-17(23)21-20-13-15-3-6-18(25-15)22-8-10-24-11-9-22/h1-6,13H,7-12H2,(H,21,23)/b20-13-. The van der Waals surface area contributed by atoms with E-state index >= 15 is 0 Å². The first-order chi connectivity index (χ1) is 12.7. The van der Waals surface area contributed by atoms with Gasteiger partial charge in [0.2, 0.25) is 5.91 Å². The molecule has 1 N–H and O–H groups in total. The van der Waals surface area contributed by atoms with Gasteiger partial charge in [-0.25, -0.2) is 5.43 Å². The summed E-state index contributed by atoms with van der Waals surface area (Å²) >= 11 is 7.45. The molecular formula is C18H20ClN3O3S. The molecule has 1 aromatic carbocycles. The minimum atomic E-state index is -0.136. The Morgan fingerprint density at radius 2 is 2.00 bits per heavy atom. The van der Waals surface area contributed by atoms with E-state index in [4.69, 9.17) is 20.8 Å². The molecule has 0 saturated carbocycles. The van der Waals surface area contributed by atoms with E-state index in [9.17, 15) is 4.79 Å². The number of nitrogens with one attached hydrogen (secondary N) is 1. The summed E-state index contributed by atoms with van der Waals surface area (Å²) in [4.78, 5) is 15.0. The van der Waals surface area contributed by atoms with Gasteiger partial charge in [0.05, 0.1) is 19.4 Å². The number of nitrogens with zero attached hydrogens (tertiary/aromatic N) is 2. The Bertz CT molecular complexity index is 742. The molecule has 3 rings (SSSR count). The van der Waals surface area contributed by atoms with Crippen molar-refractivity contribution in [2.24, 2.45) is 5.10 Å². The van der Waals surface area contributed by atoms with E-state index in [1.54, 1.807) is 11.8 Å². The summed E-state index contributed by atoms with van der Waals surface area (Å²) in [6.45, 7) is 3.03. The summed E-state index contributed by atoms with van der Waals surface area (Å²) in [6, 6.07) is 11.3. The highest BCUT2D eigenvalue weighted by molar-refractivity contribution is 7.99. The van der Waals surface area contributed by atoms with Gasteiger partial charge in [0.1, 0.15) is 5.76 Å². The molecule has 1 fully saturated rings. The highest BCUT2D eigenvalue weighted by Crippen LogP contribution is 2.21. The van der Waals surface area contributed by atoms with Crippen LogP contribution < -0.4 is 10.3 Å². The van der Waals surface area contributed by atoms with Crippen LogP contribution in [0.15, 0.2) is 50.8 Å². The van der Waals surface area contributed by atoms with E-state index in [1.165, 1.54) is 6.21 Å². The summed E-state index contributed by atoms with van der Waals surface area (Å²) in [6.07, 6.45) is 1.88. The fourth-order valence-corrected chi connectivity index (χ4v) is 3.36. The monoisotopic (exact) mass is 393 g/mol. The smallest absolute Gasteiger partial charge is 0.240 e. The molecule has 0 atom stereocenters. The zero-order valence-electron chi connectivity index (χ0n) is 14.2. The fourth-order valence-electron chi connectivity index (χ4n) is 2.38. The molecule has 1 amide bonds. The molecule has 0 spiro atoms. The molecular weight excluding hydrogens is 374 g/mol. The minimum absolute atomic E-state index is 0.136. The summed E-state index contributed by atoms with van der Waals surface area (Å²) < 4.78 is 11.0. The number of ether oxygens (including phenoxy) is 1. The normalized spacial score (nSPS) is 14.7. The number of hydrogen-bond donors (Lipinski definition) is 1. The van der Waals surface area contributed by atoms with E-state index < -0.39 is 0 Å². The maximum Gasteiger partial charge on any atom is 0.240 e. The first-order valence-electron chi connectivity index (χ1n) is 8.33. The number of rotatable bonds is 7. The van der Waals surface area contributed by atoms with Crippen LogP contribution >= 0.6 is 23.4 Å². The van der Waals surface area contributed by atoms with Crippen molar-refractivity contribution in [3.05, 3.63) is 47.2 Å². The van der Waals surface area contributed by atoms with Crippen molar-refractivity contribution in [3.63, 3.8) is 0 Å². The number of thioether (sulfide) groups is 1. The van der Waals surface area contributed by atoms with Crippen LogP contribution in [-0.2, 0) is 9.53 Å². The molecule has 0 unspecified atom stereocenters. The van der Waals surface area contributed by atoms with Gasteiger partial charge in [-0.1, -0.05) is 11.6 Å². The zero-order chi connectivity index (χ0) is 18.2. The molecule has 2 aromatic rings. The van der Waals surface area contributed by atoms with Gasteiger partial charge in [-0.3, -0.25) is 4.79 Å². The van der Waals surface area contributed by atoms with Crippen LogP contribution in [0.5, 0.6) is 0 Å². The van der Waals surface area contributed by atoms with Gasteiger partial charge in [0.25, 0.3) is 0 Å². The third kappa shape index (κ3) is 5.79. The van der Waals surface area contributed by atoms with E-state index in [-0.39, 0.29) is 5.91 Å². The van der Waals surface area contributed by atoms with Crippen LogP contribution in [0, 0.1) is 0 Å². The topological polar surface area (TPSA) is 67.1 Å². The van der Waals surface area contributed by atoms with Gasteiger partial charge >= 0.3 is 0 Å². The number of amides is 1. The van der Waals surface area contributed by atoms with E-state index in [0.717, 1.165) is 23.9 Å². The molecule has 1 aliphatic rings. The number of hydrazone groups is 1. The Morgan fingerprint density at radius 1 is 1.23 bits per heavy atom. The predicted octanol–water partition coefficient (Wildman–Crippen LogP) is 3.40. The van der Waals surface area contributed by atoms with Crippen LogP contribution in [0.25, 0.3) is 0 Å². The molecule has 0 aliphatic carbocycles. The SMILES string of the molecule is O=C(CCSc1ccc(Cl)cc1)N/N=C\c1ccc(N2CCOCC2)o1. The molecule has 0 radical (unpaired) electrons. The lowest BCUT2D eigenvalue weighted by molar-refractivity contribution is -0.120. The quantitative estimate of drug-likeness (QED) is 0.443. The van der Waals surface area contributed by atoms with E-state index in [2.05, 4.69) is 15.4 Å². The molecule has 1 aliphatic heterocycles. The number of hydrogen-bond acceptors (Lipinski definition) is 6. The van der Waals surface area contributed by atoms with Gasteiger partial charge in [-0.15, -0.1) is 11.8 Å². The molecule has 6 nitrogen and oxygen atoms in total. The van der Waals surface area contributed by atoms with Crippen LogP contribution in [0.3, 0.4) is 0 Å². The van der Waals surface area contributed by atoms with E-state index in [0.29, 0.717) is 36.2 Å². The van der Waals surface area contributed by atoms with Crippen LogP contribution in [0.1, 0.15) is 12.2 Å². The molecule has 2 heterocycles. The summed E-state index contributed by atoms with van der Waals surface area (Å²) in [5, 5.41) is 4.65. The number of carbonyl (C=O) groups is 1. The number of halogens is 1. The molecule has 1 saturated heterocycles. The lowest BCUT2D eigenvalue weighted by atomic mass is 10.4. The number of furan rings is 1. The second kappa shape index (κ2) is 9.66. The highest BCUT2D eigenvalue weighted by Gasteiger charge is 2.14. The molecule has 26 heavy (non-hydrogen) atoms. The predicted molar refractivity (Wildman–Crippen MR) is 104 cm³/mol. The van der Waals surface area contributed by atoms with Gasteiger partial charge < -0.3 is 14.1 Å². The van der Waals surface area contributed by atoms with Crippen molar-refractivity contribution in [2.75, 3.05) is 37.0 Å². The van der Waals surface area contributed by atoms with Crippen molar-refractivity contribution in [3.8, 4) is 0 Å². The van der Waals surface area contributed by atoms with Crippen molar-refractivity contribution in [2.45, 2.75) is 11.3 Å². The second-order valence-electron chi connectivity index (χ2n) is 5.62. The molecule has 138 valence electrons. The third-order valence-corrected chi connectivity index (χ3v) is 4.99. The number of morpholine rings is 1. The van der Waals surface area contributed by atoms with Crippen molar-refractivity contribution in [1.29, 1.82) is 0 Å². The Balaban J connectivity index is 1.38. The van der Waals surface area contributed by atoms with Crippen LogP contribution in [0.2, 0.25) is 5.02 Å². The van der Waals surface area contributed by atoms with Gasteiger partial charge in [0.15, 0.2) is 5.88 Å². The maximum atomic E-state index is 11.8. The average Bonchev–Trinajstić information content (AvgIpc) is 3.13. The van der Waals surface area contributed by atoms with Gasteiger partial charge in [0, 0.05) is 41.2 Å². The fraction of sp³-hybridized carbons (Fsp3) is 0.333. The Kier molecular flexibility index (Phi) is 6.99. The minimum Gasteiger partial charge on any atom is -0.440 e. The first-order valence-corrected chi connectivity index (χ1v) is 9.70. The van der Waals surface area contributed by atoms with Crippen molar-refractivity contribution < 1.29 is 13.9 Å².